The van der Waals surface area contributed by atoms with Crippen molar-refractivity contribution in [1.82, 2.24) is 29.5 Å². The first-order chi connectivity index (χ1) is 20.4. The first-order valence-corrected chi connectivity index (χ1v) is 14.8. The Labute approximate surface area is 246 Å². The molecule has 8 nitrogen and oxygen atoms in total. The van der Waals surface area contributed by atoms with Gasteiger partial charge in [0.2, 0.25) is 5.91 Å². The highest BCUT2D eigenvalue weighted by Crippen LogP contribution is 2.38. The van der Waals surface area contributed by atoms with Crippen molar-refractivity contribution in [2.45, 2.75) is 25.4 Å². The number of nitrogens with zero attached hydrogens (tertiary/aromatic N) is 6. The van der Waals surface area contributed by atoms with Gasteiger partial charge in [-0.1, -0.05) is 24.3 Å². The summed E-state index contributed by atoms with van der Waals surface area (Å²) >= 11 is 1.61. The van der Waals surface area contributed by atoms with E-state index >= 15 is 0 Å². The van der Waals surface area contributed by atoms with Crippen LogP contribution in [0.3, 0.4) is 0 Å². The lowest BCUT2D eigenvalue weighted by Crippen LogP contribution is -2.35. The topological polar surface area (TPSA) is 79.2 Å². The van der Waals surface area contributed by atoms with Crippen LogP contribution in [0.15, 0.2) is 73.2 Å². The SMILES string of the molecule is CN(C)[C@H]1CCN(C(=O)Cc2ccc3c(c2)sc2ncnc(Nc4ccc5c(cnn5Cc5cccc(F)c5)c4)c23)C1. The number of likely N-dealkylation sites (tertiary alicyclic amines) is 1. The summed E-state index contributed by atoms with van der Waals surface area (Å²) in [4.78, 5) is 27.2. The zero-order valence-electron chi connectivity index (χ0n) is 23.4. The third kappa shape index (κ3) is 5.08. The highest BCUT2D eigenvalue weighted by atomic mass is 32.1. The molecule has 212 valence electrons. The Kier molecular flexibility index (Phi) is 6.79. The maximum absolute atomic E-state index is 13.7. The average Bonchev–Trinajstić information content (AvgIpc) is 3.70. The minimum Gasteiger partial charge on any atom is -0.341 e. The Balaban J connectivity index is 1.12. The standard InChI is InChI=1S/C32H30FN7OS/c1-38(2)25-10-11-39(18-25)29(41)14-20-6-8-26-28(13-20)42-32-30(26)31(34-19-35-32)37-24-7-9-27-22(15-24)16-36-40(27)17-21-4-3-5-23(33)12-21/h3-9,12-13,15-16,19,25H,10-11,14,17-18H2,1-2H3,(H,34,35,37)/t25-/m0/s1. The summed E-state index contributed by atoms with van der Waals surface area (Å²) in [6.07, 6.45) is 4.82. The number of benzene rings is 3. The number of carbonyl (C=O) groups is 1. The zero-order chi connectivity index (χ0) is 28.8. The number of amides is 1. The predicted molar refractivity (Wildman–Crippen MR) is 166 cm³/mol. The smallest absolute Gasteiger partial charge is 0.227 e. The van der Waals surface area contributed by atoms with E-state index in [2.05, 4.69) is 51.5 Å². The van der Waals surface area contributed by atoms with Crippen LogP contribution in [0.4, 0.5) is 15.9 Å². The van der Waals surface area contributed by atoms with Crippen LogP contribution in [0.25, 0.3) is 31.2 Å². The normalized spacial score (nSPS) is 15.4. The summed E-state index contributed by atoms with van der Waals surface area (Å²) in [5.74, 6) is 0.655. The zero-order valence-corrected chi connectivity index (χ0v) is 24.2. The number of thiophene rings is 1. The number of hydrogen-bond donors (Lipinski definition) is 1. The van der Waals surface area contributed by atoms with Crippen LogP contribution in [-0.4, -0.2) is 68.7 Å². The fourth-order valence-corrected chi connectivity index (χ4v) is 6.88. The van der Waals surface area contributed by atoms with Gasteiger partial charge in [0.15, 0.2) is 0 Å². The highest BCUT2D eigenvalue weighted by molar-refractivity contribution is 7.25. The van der Waals surface area contributed by atoms with Crippen molar-refractivity contribution in [3.05, 3.63) is 90.1 Å². The lowest BCUT2D eigenvalue weighted by molar-refractivity contribution is -0.129. The van der Waals surface area contributed by atoms with Gasteiger partial charge in [-0.25, -0.2) is 14.4 Å². The van der Waals surface area contributed by atoms with Gasteiger partial charge in [-0.05, 0) is 68.0 Å². The number of anilines is 2. The van der Waals surface area contributed by atoms with E-state index in [9.17, 15) is 9.18 Å². The second kappa shape index (κ2) is 10.8. The average molecular weight is 580 g/mol. The molecule has 1 atom stereocenters. The monoisotopic (exact) mass is 579 g/mol. The van der Waals surface area contributed by atoms with Crippen LogP contribution in [0.2, 0.25) is 0 Å². The van der Waals surface area contributed by atoms with Crippen molar-refractivity contribution in [3.63, 3.8) is 0 Å². The molecule has 1 aliphatic heterocycles. The van der Waals surface area contributed by atoms with E-state index in [1.807, 2.05) is 46.1 Å². The van der Waals surface area contributed by atoms with Crippen molar-refractivity contribution < 1.29 is 9.18 Å². The van der Waals surface area contributed by atoms with Gasteiger partial charge >= 0.3 is 0 Å². The van der Waals surface area contributed by atoms with Gasteiger partial charge in [0.05, 0.1) is 30.1 Å². The number of halogens is 1. The molecule has 0 radical (unpaired) electrons. The van der Waals surface area contributed by atoms with Crippen LogP contribution in [0.1, 0.15) is 17.5 Å². The first-order valence-electron chi connectivity index (χ1n) is 14.0. The number of nitrogens with one attached hydrogen (secondary N) is 1. The van der Waals surface area contributed by atoms with E-state index in [1.165, 1.54) is 12.1 Å². The van der Waals surface area contributed by atoms with E-state index in [0.717, 1.165) is 73.3 Å². The summed E-state index contributed by atoms with van der Waals surface area (Å²) in [5.41, 5.74) is 3.72. The highest BCUT2D eigenvalue weighted by Gasteiger charge is 2.27. The third-order valence-electron chi connectivity index (χ3n) is 8.06. The second-order valence-corrected chi connectivity index (χ2v) is 12.1. The molecule has 1 amide bonds. The number of fused-ring (bicyclic) bond motifs is 4. The van der Waals surface area contributed by atoms with Crippen LogP contribution < -0.4 is 5.32 Å². The fraction of sp³-hybridized carbons (Fsp3) is 0.250. The lowest BCUT2D eigenvalue weighted by atomic mass is 10.1. The molecule has 0 saturated carbocycles. The van der Waals surface area contributed by atoms with Gasteiger partial charge in [-0.15, -0.1) is 11.3 Å². The van der Waals surface area contributed by atoms with Crippen molar-refractivity contribution in [3.8, 4) is 0 Å². The molecular formula is C32H30FN7OS. The summed E-state index contributed by atoms with van der Waals surface area (Å²) in [6.45, 7) is 2.10. The minimum atomic E-state index is -0.252. The molecule has 0 bridgehead atoms. The number of carbonyl (C=O) groups excluding carboxylic acids is 1. The van der Waals surface area contributed by atoms with E-state index in [4.69, 9.17) is 0 Å². The van der Waals surface area contributed by atoms with E-state index in [1.54, 1.807) is 23.7 Å². The molecule has 42 heavy (non-hydrogen) atoms. The Morgan fingerprint density at radius 3 is 2.83 bits per heavy atom. The van der Waals surface area contributed by atoms with E-state index in [-0.39, 0.29) is 11.7 Å². The molecule has 3 aromatic heterocycles. The molecular weight excluding hydrogens is 549 g/mol. The summed E-state index contributed by atoms with van der Waals surface area (Å²) < 4.78 is 16.6. The van der Waals surface area contributed by atoms with Gasteiger partial charge < -0.3 is 15.1 Å². The Hall–Kier alpha value is -4.41. The molecule has 3 aromatic carbocycles. The Morgan fingerprint density at radius 2 is 2.00 bits per heavy atom. The largest absolute Gasteiger partial charge is 0.341 e. The molecule has 10 heteroatoms. The lowest BCUT2D eigenvalue weighted by Gasteiger charge is -2.20. The maximum atomic E-state index is 13.7. The van der Waals surface area contributed by atoms with Gasteiger partial charge in [-0.3, -0.25) is 9.48 Å². The maximum Gasteiger partial charge on any atom is 0.227 e. The molecule has 4 heterocycles. The van der Waals surface area contributed by atoms with Crippen molar-refractivity contribution in [2.75, 3.05) is 32.5 Å². The van der Waals surface area contributed by atoms with E-state index < -0.39 is 0 Å². The fourth-order valence-electron chi connectivity index (χ4n) is 5.77. The number of likely N-dealkylation sites (N-methyl/N-ethyl adjacent to an activating group) is 1. The molecule has 7 rings (SSSR count). The molecule has 1 aliphatic rings. The second-order valence-electron chi connectivity index (χ2n) is 11.1. The van der Waals surface area contributed by atoms with Gasteiger partial charge in [0, 0.05) is 40.3 Å². The first kappa shape index (κ1) is 26.5. The molecule has 6 aromatic rings. The van der Waals surface area contributed by atoms with E-state index in [0.29, 0.717) is 19.0 Å². The quantitative estimate of drug-likeness (QED) is 0.256. The van der Waals surface area contributed by atoms with Gasteiger partial charge in [0.25, 0.3) is 0 Å². The van der Waals surface area contributed by atoms with Crippen molar-refractivity contribution in [1.29, 1.82) is 0 Å². The molecule has 1 saturated heterocycles. The van der Waals surface area contributed by atoms with Crippen molar-refractivity contribution >= 4 is 60.0 Å². The molecule has 1 fully saturated rings. The Bertz CT molecular complexity index is 1950. The number of aromatic nitrogens is 4. The third-order valence-corrected chi connectivity index (χ3v) is 9.12. The summed E-state index contributed by atoms with van der Waals surface area (Å²) in [7, 11) is 4.15. The van der Waals surface area contributed by atoms with Crippen LogP contribution >= 0.6 is 11.3 Å². The number of hydrogen-bond acceptors (Lipinski definition) is 7. The van der Waals surface area contributed by atoms with Crippen LogP contribution in [0, 0.1) is 5.82 Å². The van der Waals surface area contributed by atoms with Gasteiger partial charge in [-0.2, -0.15) is 5.10 Å². The van der Waals surface area contributed by atoms with Gasteiger partial charge in [0.1, 0.15) is 22.8 Å². The minimum absolute atomic E-state index is 0.177. The molecule has 1 N–H and O–H groups in total. The van der Waals surface area contributed by atoms with Crippen LogP contribution in [-0.2, 0) is 17.8 Å². The summed E-state index contributed by atoms with van der Waals surface area (Å²) in [5, 5.41) is 11.0. The number of rotatable bonds is 7. The molecule has 0 aliphatic carbocycles. The molecule has 0 unspecified atom stereocenters. The summed E-state index contributed by atoms with van der Waals surface area (Å²) in [6, 6.07) is 19.3. The predicted octanol–water partition coefficient (Wildman–Crippen LogP) is 5.83. The van der Waals surface area contributed by atoms with Crippen molar-refractivity contribution in [2.24, 2.45) is 0 Å². The van der Waals surface area contributed by atoms with Crippen LogP contribution in [0.5, 0.6) is 0 Å². The Morgan fingerprint density at radius 1 is 1.10 bits per heavy atom. The molecule has 0 spiro atoms.